The average Bonchev–Trinajstić information content (AvgIpc) is 2.89. The van der Waals surface area contributed by atoms with Crippen LogP contribution in [-0.2, 0) is 0 Å². The van der Waals surface area contributed by atoms with Crippen LogP contribution in [-0.4, -0.2) is 20.1 Å². The molecule has 0 amide bonds. The van der Waals surface area contributed by atoms with Crippen LogP contribution in [0.4, 0.5) is 5.69 Å². The molecule has 0 aliphatic heterocycles. The Morgan fingerprint density at radius 1 is 1.11 bits per heavy atom. The fraction of sp³-hybridized carbons (Fsp3) is 0. The summed E-state index contributed by atoms with van der Waals surface area (Å²) in [6, 6.07) is 7.16. The van der Waals surface area contributed by atoms with Crippen molar-refractivity contribution >= 4 is 21.6 Å². The van der Waals surface area contributed by atoms with Gasteiger partial charge in [-0.2, -0.15) is 4.98 Å². The second-order valence-corrected chi connectivity index (χ2v) is 4.64. The Balaban J connectivity index is 2.02. The molecule has 7 heteroatoms. The van der Waals surface area contributed by atoms with Gasteiger partial charge in [-0.05, 0) is 24.3 Å². The van der Waals surface area contributed by atoms with Crippen molar-refractivity contribution in [2.45, 2.75) is 0 Å². The summed E-state index contributed by atoms with van der Waals surface area (Å²) in [5, 5.41) is 3.85. The molecular weight excluding hydrogens is 310 g/mol. The van der Waals surface area contributed by atoms with Crippen molar-refractivity contribution in [3.63, 3.8) is 0 Å². The van der Waals surface area contributed by atoms with Crippen LogP contribution in [0.3, 0.4) is 0 Å². The Hall–Kier alpha value is -2.28. The Labute approximate surface area is 116 Å². The first-order valence-corrected chi connectivity index (χ1v) is 6.20. The summed E-state index contributed by atoms with van der Waals surface area (Å²) in [5.74, 6) is 1.08. The highest BCUT2D eigenvalue weighted by Crippen LogP contribution is 2.28. The van der Waals surface area contributed by atoms with Crippen molar-refractivity contribution < 1.29 is 4.52 Å². The molecule has 0 saturated heterocycles. The third-order valence-corrected chi connectivity index (χ3v) is 2.93. The lowest BCUT2D eigenvalue weighted by atomic mass is 10.2. The molecule has 3 rings (SSSR count). The Morgan fingerprint density at radius 3 is 2.63 bits per heavy atom. The van der Waals surface area contributed by atoms with E-state index in [0.717, 1.165) is 4.47 Å². The molecule has 2 heterocycles. The predicted molar refractivity (Wildman–Crippen MR) is 72.9 cm³/mol. The van der Waals surface area contributed by atoms with Gasteiger partial charge in [0.1, 0.15) is 0 Å². The third-order valence-electron chi connectivity index (χ3n) is 2.44. The maximum absolute atomic E-state index is 5.91. The smallest absolute Gasteiger partial charge is 0.260 e. The van der Waals surface area contributed by atoms with Crippen molar-refractivity contribution in [3.05, 3.63) is 41.1 Å². The van der Waals surface area contributed by atoms with E-state index in [-0.39, 0.29) is 0 Å². The molecule has 2 N–H and O–H groups in total. The zero-order chi connectivity index (χ0) is 13.2. The molecule has 0 aliphatic rings. The molecular formula is C12H8BrN5O. The van der Waals surface area contributed by atoms with Crippen LogP contribution in [0.2, 0.25) is 0 Å². The lowest BCUT2D eigenvalue weighted by molar-refractivity contribution is 0.432. The highest BCUT2D eigenvalue weighted by atomic mass is 79.9. The molecule has 0 unspecified atom stereocenters. The van der Waals surface area contributed by atoms with Crippen LogP contribution >= 0.6 is 15.9 Å². The van der Waals surface area contributed by atoms with Crippen molar-refractivity contribution in [3.8, 4) is 23.1 Å². The van der Waals surface area contributed by atoms with Gasteiger partial charge in [0.2, 0.25) is 11.6 Å². The third kappa shape index (κ3) is 2.32. The molecule has 6 nitrogen and oxygen atoms in total. The second-order valence-electron chi connectivity index (χ2n) is 3.73. The summed E-state index contributed by atoms with van der Waals surface area (Å²) < 4.78 is 6.08. The SMILES string of the molecule is Nc1cc(Br)ccc1-c1nc(-c2ncccn2)no1. The van der Waals surface area contributed by atoms with Crippen LogP contribution < -0.4 is 5.73 Å². The maximum atomic E-state index is 5.91. The quantitative estimate of drug-likeness (QED) is 0.730. The molecule has 0 bridgehead atoms. The van der Waals surface area contributed by atoms with Crippen LogP contribution in [0.1, 0.15) is 0 Å². The van der Waals surface area contributed by atoms with E-state index in [2.05, 4.69) is 36.0 Å². The van der Waals surface area contributed by atoms with Crippen molar-refractivity contribution in [1.82, 2.24) is 20.1 Å². The zero-order valence-corrected chi connectivity index (χ0v) is 11.2. The number of rotatable bonds is 2. The first-order chi connectivity index (χ1) is 9.24. The first kappa shape index (κ1) is 11.8. The standard InChI is InChI=1S/C12H8BrN5O/c13-7-2-3-8(9(14)6-7)12-17-11(18-19-12)10-15-4-1-5-16-10/h1-6H,14H2. The fourth-order valence-electron chi connectivity index (χ4n) is 1.57. The molecule has 2 aromatic heterocycles. The van der Waals surface area contributed by atoms with Gasteiger partial charge < -0.3 is 10.3 Å². The lowest BCUT2D eigenvalue weighted by Gasteiger charge is -2.00. The van der Waals surface area contributed by atoms with Crippen LogP contribution in [0.15, 0.2) is 45.7 Å². The summed E-state index contributed by atoms with van der Waals surface area (Å²) in [5.41, 5.74) is 7.15. The molecule has 0 saturated carbocycles. The molecule has 0 atom stereocenters. The van der Waals surface area contributed by atoms with Crippen molar-refractivity contribution in [1.29, 1.82) is 0 Å². The van der Waals surface area contributed by atoms with E-state index >= 15 is 0 Å². The van der Waals surface area contributed by atoms with Crippen LogP contribution in [0.5, 0.6) is 0 Å². The molecule has 0 radical (unpaired) electrons. The summed E-state index contributed by atoms with van der Waals surface area (Å²) in [4.78, 5) is 12.4. The topological polar surface area (TPSA) is 90.7 Å². The Kier molecular flexibility index (Phi) is 2.96. The minimum absolute atomic E-state index is 0.331. The number of hydrogen-bond acceptors (Lipinski definition) is 6. The monoisotopic (exact) mass is 317 g/mol. The summed E-state index contributed by atoms with van der Waals surface area (Å²) in [7, 11) is 0. The predicted octanol–water partition coefficient (Wildman–Crippen LogP) is 2.54. The molecule has 0 spiro atoms. The van der Waals surface area contributed by atoms with Gasteiger partial charge in [-0.1, -0.05) is 21.1 Å². The highest BCUT2D eigenvalue weighted by Gasteiger charge is 2.14. The molecule has 19 heavy (non-hydrogen) atoms. The van der Waals surface area contributed by atoms with Gasteiger partial charge >= 0.3 is 0 Å². The van der Waals surface area contributed by atoms with Gasteiger partial charge in [-0.3, -0.25) is 0 Å². The van der Waals surface area contributed by atoms with Gasteiger partial charge in [0.15, 0.2) is 0 Å². The first-order valence-electron chi connectivity index (χ1n) is 5.40. The fourth-order valence-corrected chi connectivity index (χ4v) is 1.95. The van der Waals surface area contributed by atoms with E-state index in [4.69, 9.17) is 10.3 Å². The van der Waals surface area contributed by atoms with E-state index in [1.54, 1.807) is 24.5 Å². The van der Waals surface area contributed by atoms with E-state index in [1.165, 1.54) is 0 Å². The zero-order valence-electron chi connectivity index (χ0n) is 9.62. The number of nitrogens with zero attached hydrogens (tertiary/aromatic N) is 4. The van der Waals surface area contributed by atoms with E-state index in [1.807, 2.05) is 12.1 Å². The van der Waals surface area contributed by atoms with E-state index in [0.29, 0.717) is 28.8 Å². The number of benzene rings is 1. The number of anilines is 1. The van der Waals surface area contributed by atoms with Gasteiger partial charge in [0, 0.05) is 22.6 Å². The largest absolute Gasteiger partial charge is 0.398 e. The van der Waals surface area contributed by atoms with Crippen molar-refractivity contribution in [2.24, 2.45) is 0 Å². The number of halogens is 1. The van der Waals surface area contributed by atoms with Gasteiger partial charge in [-0.15, -0.1) is 0 Å². The molecule has 0 aliphatic carbocycles. The summed E-state index contributed by atoms with van der Waals surface area (Å²) in [6.07, 6.45) is 3.23. The maximum Gasteiger partial charge on any atom is 0.260 e. The van der Waals surface area contributed by atoms with Crippen molar-refractivity contribution in [2.75, 3.05) is 5.73 Å². The number of hydrogen-bond donors (Lipinski definition) is 1. The molecule has 3 aromatic rings. The lowest BCUT2D eigenvalue weighted by Crippen LogP contribution is -1.91. The number of aromatic nitrogens is 4. The Morgan fingerprint density at radius 2 is 1.89 bits per heavy atom. The molecule has 94 valence electrons. The van der Waals surface area contributed by atoms with Gasteiger partial charge in [-0.25, -0.2) is 9.97 Å². The van der Waals surface area contributed by atoms with Crippen LogP contribution in [0.25, 0.3) is 23.1 Å². The van der Waals surface area contributed by atoms with E-state index in [9.17, 15) is 0 Å². The number of nitrogen functional groups attached to an aromatic ring is 1. The highest BCUT2D eigenvalue weighted by molar-refractivity contribution is 9.10. The van der Waals surface area contributed by atoms with Gasteiger partial charge in [0.05, 0.1) is 5.56 Å². The summed E-state index contributed by atoms with van der Waals surface area (Å²) in [6.45, 7) is 0. The minimum atomic E-state index is 0.331. The van der Waals surface area contributed by atoms with Gasteiger partial charge in [0.25, 0.3) is 5.89 Å². The Bertz CT molecular complexity index is 713. The summed E-state index contributed by atoms with van der Waals surface area (Å²) >= 11 is 3.34. The normalized spacial score (nSPS) is 10.6. The van der Waals surface area contributed by atoms with E-state index < -0.39 is 0 Å². The number of nitrogens with two attached hydrogens (primary N) is 1. The molecule has 1 aromatic carbocycles. The van der Waals surface area contributed by atoms with Crippen LogP contribution in [0, 0.1) is 0 Å². The average molecular weight is 318 g/mol. The molecule has 0 fully saturated rings. The second kappa shape index (κ2) is 4.77. The minimum Gasteiger partial charge on any atom is -0.398 e.